The van der Waals surface area contributed by atoms with Crippen LogP contribution in [0.4, 0.5) is 5.82 Å². The standard InChI is InChI=1S/C12H19ClN6O2/c1-2-8(10(14)17-21)18-3-5-19(6-4-18)11-9(13)12(20)16-7-15-11/h7-8,21H,2-6H2,1H3,(H2,14,17)(H,15,16,20). The first-order valence-corrected chi connectivity index (χ1v) is 7.15. The van der Waals surface area contributed by atoms with Gasteiger partial charge in [-0.3, -0.25) is 9.69 Å². The Kier molecular flexibility index (Phi) is 5.03. The Bertz CT molecular complexity index is 567. The van der Waals surface area contributed by atoms with Crippen LogP contribution >= 0.6 is 11.6 Å². The molecule has 0 spiro atoms. The smallest absolute Gasteiger partial charge is 0.271 e. The van der Waals surface area contributed by atoms with E-state index >= 15 is 0 Å². The molecule has 1 fully saturated rings. The van der Waals surface area contributed by atoms with E-state index in [0.717, 1.165) is 19.5 Å². The van der Waals surface area contributed by atoms with Gasteiger partial charge < -0.3 is 20.8 Å². The fourth-order valence-electron chi connectivity index (χ4n) is 2.56. The van der Waals surface area contributed by atoms with Gasteiger partial charge in [0.05, 0.1) is 12.4 Å². The summed E-state index contributed by atoms with van der Waals surface area (Å²) in [5, 5.41) is 12.0. The highest BCUT2D eigenvalue weighted by atomic mass is 35.5. The van der Waals surface area contributed by atoms with Crippen molar-refractivity contribution in [2.24, 2.45) is 10.9 Å². The number of hydrogen-bond acceptors (Lipinski definition) is 6. The van der Waals surface area contributed by atoms with Gasteiger partial charge in [-0.25, -0.2) is 4.98 Å². The van der Waals surface area contributed by atoms with Gasteiger partial charge >= 0.3 is 0 Å². The average Bonchev–Trinajstić information content (AvgIpc) is 2.51. The summed E-state index contributed by atoms with van der Waals surface area (Å²) < 4.78 is 0. The Morgan fingerprint density at radius 2 is 2.24 bits per heavy atom. The number of aromatic amines is 1. The number of piperazine rings is 1. The molecule has 0 bridgehead atoms. The maximum absolute atomic E-state index is 11.5. The second kappa shape index (κ2) is 6.77. The third-order valence-corrected chi connectivity index (χ3v) is 4.02. The van der Waals surface area contributed by atoms with E-state index in [9.17, 15) is 4.79 Å². The highest BCUT2D eigenvalue weighted by Crippen LogP contribution is 2.20. The van der Waals surface area contributed by atoms with Gasteiger partial charge in [-0.1, -0.05) is 23.7 Å². The van der Waals surface area contributed by atoms with Gasteiger partial charge in [-0.05, 0) is 6.42 Å². The number of H-pyrrole nitrogens is 1. The summed E-state index contributed by atoms with van der Waals surface area (Å²) in [6, 6.07) is -0.0836. The third-order valence-electron chi connectivity index (χ3n) is 3.68. The van der Waals surface area contributed by atoms with Gasteiger partial charge in [0.15, 0.2) is 11.7 Å². The van der Waals surface area contributed by atoms with Crippen molar-refractivity contribution in [3.8, 4) is 0 Å². The number of halogens is 1. The van der Waals surface area contributed by atoms with E-state index in [0.29, 0.717) is 18.9 Å². The Morgan fingerprint density at radius 1 is 1.57 bits per heavy atom. The van der Waals surface area contributed by atoms with Crippen LogP contribution in [0.25, 0.3) is 0 Å². The largest absolute Gasteiger partial charge is 0.409 e. The summed E-state index contributed by atoms with van der Waals surface area (Å²) in [5.41, 5.74) is 5.37. The minimum absolute atomic E-state index is 0.0836. The Labute approximate surface area is 127 Å². The van der Waals surface area contributed by atoms with Crippen molar-refractivity contribution >= 4 is 23.3 Å². The normalized spacial score (nSPS) is 18.8. The molecule has 0 saturated carbocycles. The molecule has 2 rings (SSSR count). The maximum atomic E-state index is 11.5. The fourth-order valence-corrected chi connectivity index (χ4v) is 2.78. The predicted molar refractivity (Wildman–Crippen MR) is 81.1 cm³/mol. The van der Waals surface area contributed by atoms with Gasteiger partial charge in [-0.15, -0.1) is 0 Å². The number of amidine groups is 1. The quantitative estimate of drug-likeness (QED) is 0.314. The van der Waals surface area contributed by atoms with E-state index < -0.39 is 0 Å². The molecule has 4 N–H and O–H groups in total. The van der Waals surface area contributed by atoms with Gasteiger partial charge in [-0.2, -0.15) is 0 Å². The molecule has 1 unspecified atom stereocenters. The van der Waals surface area contributed by atoms with E-state index in [-0.39, 0.29) is 22.5 Å². The van der Waals surface area contributed by atoms with E-state index in [2.05, 4.69) is 20.0 Å². The molecule has 1 atom stereocenters. The highest BCUT2D eigenvalue weighted by molar-refractivity contribution is 6.32. The first kappa shape index (κ1) is 15.6. The SMILES string of the molecule is CCC(C(N)=NO)N1CCN(c2nc[nH]c(=O)c2Cl)CC1. The van der Waals surface area contributed by atoms with E-state index in [1.165, 1.54) is 6.33 Å². The van der Waals surface area contributed by atoms with Crippen LogP contribution in [-0.2, 0) is 0 Å². The maximum Gasteiger partial charge on any atom is 0.271 e. The number of nitrogens with one attached hydrogen (secondary N) is 1. The minimum Gasteiger partial charge on any atom is -0.409 e. The molecule has 0 aliphatic carbocycles. The van der Waals surface area contributed by atoms with Gasteiger partial charge in [0.2, 0.25) is 0 Å². The zero-order valence-corrected chi connectivity index (χ0v) is 12.5. The molecule has 2 heterocycles. The number of oxime groups is 1. The van der Waals surface area contributed by atoms with Crippen LogP contribution in [0.5, 0.6) is 0 Å². The molecule has 1 aliphatic heterocycles. The van der Waals surface area contributed by atoms with E-state index in [1.54, 1.807) is 0 Å². The molecule has 1 saturated heterocycles. The Balaban J connectivity index is 2.06. The summed E-state index contributed by atoms with van der Waals surface area (Å²) in [7, 11) is 0. The van der Waals surface area contributed by atoms with Crippen molar-refractivity contribution in [3.63, 3.8) is 0 Å². The Hall–Kier alpha value is -1.80. The van der Waals surface area contributed by atoms with Gasteiger partial charge in [0.1, 0.15) is 5.02 Å². The zero-order valence-electron chi connectivity index (χ0n) is 11.8. The number of anilines is 1. The van der Waals surface area contributed by atoms with Crippen LogP contribution < -0.4 is 16.2 Å². The van der Waals surface area contributed by atoms with Crippen molar-refractivity contribution in [2.45, 2.75) is 19.4 Å². The van der Waals surface area contributed by atoms with Crippen LogP contribution in [0, 0.1) is 0 Å². The predicted octanol–water partition coefficient (Wildman–Crippen LogP) is 0.0703. The Morgan fingerprint density at radius 3 is 2.81 bits per heavy atom. The monoisotopic (exact) mass is 314 g/mol. The van der Waals surface area contributed by atoms with Crippen molar-refractivity contribution in [1.29, 1.82) is 0 Å². The molecule has 0 amide bonds. The van der Waals surface area contributed by atoms with E-state index in [1.807, 2.05) is 11.8 Å². The summed E-state index contributed by atoms with van der Waals surface area (Å²) in [6.07, 6.45) is 2.11. The van der Waals surface area contributed by atoms with Crippen molar-refractivity contribution < 1.29 is 5.21 Å². The van der Waals surface area contributed by atoms with Crippen LogP contribution in [0.1, 0.15) is 13.3 Å². The lowest BCUT2D eigenvalue weighted by Crippen LogP contribution is -2.54. The van der Waals surface area contributed by atoms with Crippen molar-refractivity contribution in [2.75, 3.05) is 31.1 Å². The summed E-state index contributed by atoms with van der Waals surface area (Å²) in [5.74, 6) is 0.718. The fraction of sp³-hybridized carbons (Fsp3) is 0.583. The summed E-state index contributed by atoms with van der Waals surface area (Å²) >= 11 is 5.99. The number of hydrogen-bond donors (Lipinski definition) is 3. The zero-order chi connectivity index (χ0) is 15.4. The van der Waals surface area contributed by atoms with Gasteiger partial charge in [0, 0.05) is 26.2 Å². The van der Waals surface area contributed by atoms with Crippen LogP contribution in [-0.4, -0.2) is 58.1 Å². The second-order valence-corrected chi connectivity index (χ2v) is 5.22. The molecular weight excluding hydrogens is 296 g/mol. The molecule has 9 heteroatoms. The minimum atomic E-state index is -0.341. The van der Waals surface area contributed by atoms with Crippen LogP contribution in [0.2, 0.25) is 5.02 Å². The highest BCUT2D eigenvalue weighted by Gasteiger charge is 2.27. The van der Waals surface area contributed by atoms with E-state index in [4.69, 9.17) is 22.5 Å². The lowest BCUT2D eigenvalue weighted by Gasteiger charge is -2.39. The molecule has 21 heavy (non-hydrogen) atoms. The summed E-state index contributed by atoms with van der Waals surface area (Å²) in [6.45, 7) is 4.78. The third kappa shape index (κ3) is 3.27. The molecule has 0 radical (unpaired) electrons. The van der Waals surface area contributed by atoms with Crippen LogP contribution in [0.3, 0.4) is 0 Å². The topological polar surface area (TPSA) is 111 Å². The number of nitrogens with zero attached hydrogens (tertiary/aromatic N) is 4. The second-order valence-electron chi connectivity index (χ2n) is 4.84. The molecule has 0 aromatic carbocycles. The van der Waals surface area contributed by atoms with Crippen molar-refractivity contribution in [1.82, 2.24) is 14.9 Å². The molecule has 1 aromatic rings. The first-order chi connectivity index (χ1) is 10.1. The number of aromatic nitrogens is 2. The number of nitrogens with two attached hydrogens (primary N) is 1. The van der Waals surface area contributed by atoms with Crippen molar-refractivity contribution in [3.05, 3.63) is 21.7 Å². The lowest BCUT2D eigenvalue weighted by atomic mass is 10.1. The molecule has 116 valence electrons. The van der Waals surface area contributed by atoms with Gasteiger partial charge in [0.25, 0.3) is 5.56 Å². The molecule has 1 aromatic heterocycles. The molecule has 1 aliphatic rings. The average molecular weight is 315 g/mol. The lowest BCUT2D eigenvalue weighted by molar-refractivity contribution is 0.215. The van der Waals surface area contributed by atoms with Crippen LogP contribution in [0.15, 0.2) is 16.3 Å². The first-order valence-electron chi connectivity index (χ1n) is 6.78. The summed E-state index contributed by atoms with van der Waals surface area (Å²) in [4.78, 5) is 22.2. The molecule has 8 nitrogen and oxygen atoms in total. The molecular formula is C12H19ClN6O2. The number of rotatable bonds is 4.